The standard InChI is InChI=1S/C27H26N8O7/c28-6-15-3-19(39-11-17-8-30-13-32-17)5-21-20(15)4-16(24(21)41-14-36)7-29-2-1-18-10-35(27(38)42-18)22-9-31-26-25(33-22)34-23(37)12-40-26/h3,5,8-9,13-14,16,18,24,29H,1-2,4,7,10-12H2,(H,30,32)(H,33,34,37). The first-order valence-electron chi connectivity index (χ1n) is 13.3. The fraction of sp³-hybridized carbons (Fsp3) is 0.370. The minimum atomic E-state index is -0.558. The SMILES string of the molecule is N#Cc1cc(OCc2cnc[nH]2)cc2c1CC(CNCCC1CN(c3cnc4c(n3)NC(=O)CO4)C(=O)O1)C2OC=O. The zero-order valence-electron chi connectivity index (χ0n) is 22.2. The van der Waals surface area contributed by atoms with Crippen LogP contribution in [0.2, 0.25) is 0 Å². The summed E-state index contributed by atoms with van der Waals surface area (Å²) in [5.41, 5.74) is 2.84. The number of nitrogens with zero attached hydrogens (tertiary/aromatic N) is 5. The van der Waals surface area contributed by atoms with Crippen molar-refractivity contribution in [2.45, 2.75) is 31.7 Å². The lowest BCUT2D eigenvalue weighted by Crippen LogP contribution is -2.31. The maximum absolute atomic E-state index is 12.5. The average molecular weight is 575 g/mol. The fourth-order valence-electron chi connectivity index (χ4n) is 5.30. The highest BCUT2D eigenvalue weighted by atomic mass is 16.6. The van der Waals surface area contributed by atoms with E-state index in [1.165, 1.54) is 11.1 Å². The molecule has 0 radical (unpaired) electrons. The largest absolute Gasteiger partial charge is 0.487 e. The van der Waals surface area contributed by atoms with E-state index in [1.807, 2.05) is 6.07 Å². The molecule has 2 aromatic heterocycles. The Labute approximate surface area is 239 Å². The number of amides is 2. The molecule has 0 saturated carbocycles. The number of carbonyl (C=O) groups is 3. The number of rotatable bonds is 11. The summed E-state index contributed by atoms with van der Waals surface area (Å²) in [6.45, 7) is 1.82. The smallest absolute Gasteiger partial charge is 0.415 e. The molecular weight excluding hydrogens is 548 g/mol. The first kappa shape index (κ1) is 27.0. The highest BCUT2D eigenvalue weighted by Crippen LogP contribution is 2.42. The van der Waals surface area contributed by atoms with Gasteiger partial charge in [-0.05, 0) is 37.1 Å². The summed E-state index contributed by atoms with van der Waals surface area (Å²) < 4.78 is 22.0. The van der Waals surface area contributed by atoms with Crippen molar-refractivity contribution >= 4 is 30.1 Å². The van der Waals surface area contributed by atoms with Crippen LogP contribution in [0.1, 0.15) is 34.9 Å². The first-order chi connectivity index (χ1) is 20.5. The third-order valence-electron chi connectivity index (χ3n) is 7.25. The van der Waals surface area contributed by atoms with E-state index in [0.717, 1.165) is 16.8 Å². The quantitative estimate of drug-likeness (QED) is 0.220. The zero-order valence-corrected chi connectivity index (χ0v) is 22.2. The van der Waals surface area contributed by atoms with E-state index < -0.39 is 18.3 Å². The number of nitrogens with one attached hydrogen (secondary N) is 3. The molecule has 1 aliphatic carbocycles. The van der Waals surface area contributed by atoms with Crippen LogP contribution in [0.15, 0.2) is 30.9 Å². The second-order valence-electron chi connectivity index (χ2n) is 9.96. The number of benzene rings is 1. The summed E-state index contributed by atoms with van der Waals surface area (Å²) in [4.78, 5) is 52.2. The lowest BCUT2D eigenvalue weighted by molar-refractivity contribution is -0.136. The molecule has 3 aliphatic rings. The van der Waals surface area contributed by atoms with Gasteiger partial charge in [0.15, 0.2) is 18.2 Å². The fourth-order valence-corrected chi connectivity index (χ4v) is 5.30. The Hall–Kier alpha value is -5.23. The number of anilines is 2. The molecule has 1 fully saturated rings. The van der Waals surface area contributed by atoms with E-state index in [2.05, 4.69) is 36.6 Å². The molecule has 0 bridgehead atoms. The van der Waals surface area contributed by atoms with E-state index in [9.17, 15) is 19.6 Å². The number of aromatic nitrogens is 4. The molecule has 2 aliphatic heterocycles. The number of cyclic esters (lactones) is 1. The van der Waals surface area contributed by atoms with Crippen LogP contribution >= 0.6 is 0 Å². The molecule has 216 valence electrons. The molecule has 6 rings (SSSR count). The molecule has 1 saturated heterocycles. The van der Waals surface area contributed by atoms with Gasteiger partial charge in [0.1, 0.15) is 24.6 Å². The van der Waals surface area contributed by atoms with Crippen molar-refractivity contribution in [1.29, 1.82) is 5.26 Å². The van der Waals surface area contributed by atoms with E-state index in [1.54, 1.807) is 18.6 Å². The maximum atomic E-state index is 12.5. The van der Waals surface area contributed by atoms with Crippen molar-refractivity contribution in [1.82, 2.24) is 25.3 Å². The van der Waals surface area contributed by atoms with Gasteiger partial charge in [-0.25, -0.2) is 19.7 Å². The summed E-state index contributed by atoms with van der Waals surface area (Å²) >= 11 is 0. The Morgan fingerprint density at radius 3 is 3.00 bits per heavy atom. The molecule has 1 aromatic carbocycles. The van der Waals surface area contributed by atoms with Crippen molar-refractivity contribution in [3.8, 4) is 17.7 Å². The van der Waals surface area contributed by atoms with Gasteiger partial charge in [0.25, 0.3) is 18.3 Å². The topological polar surface area (TPSA) is 194 Å². The molecular formula is C27H26N8O7. The van der Waals surface area contributed by atoms with Crippen LogP contribution in [0.25, 0.3) is 0 Å². The van der Waals surface area contributed by atoms with Gasteiger partial charge in [0.2, 0.25) is 0 Å². The number of hydrogen-bond acceptors (Lipinski definition) is 12. The van der Waals surface area contributed by atoms with Crippen molar-refractivity contribution in [3.63, 3.8) is 0 Å². The predicted molar refractivity (Wildman–Crippen MR) is 142 cm³/mol. The molecule has 3 unspecified atom stereocenters. The number of ether oxygens (including phenoxy) is 4. The molecule has 3 N–H and O–H groups in total. The first-order valence-corrected chi connectivity index (χ1v) is 13.3. The van der Waals surface area contributed by atoms with Crippen molar-refractivity contribution in [2.24, 2.45) is 5.92 Å². The molecule has 15 nitrogen and oxygen atoms in total. The third-order valence-corrected chi connectivity index (χ3v) is 7.25. The summed E-state index contributed by atoms with van der Waals surface area (Å²) in [5.74, 6) is 0.639. The molecule has 15 heteroatoms. The summed E-state index contributed by atoms with van der Waals surface area (Å²) in [5, 5.41) is 15.7. The molecule has 42 heavy (non-hydrogen) atoms. The second-order valence-corrected chi connectivity index (χ2v) is 9.96. The number of fused-ring (bicyclic) bond motifs is 2. The van der Waals surface area contributed by atoms with Crippen LogP contribution < -0.4 is 25.0 Å². The predicted octanol–water partition coefficient (Wildman–Crippen LogP) is 1.37. The van der Waals surface area contributed by atoms with Gasteiger partial charge in [-0.1, -0.05) is 0 Å². The Morgan fingerprint density at radius 1 is 1.29 bits per heavy atom. The molecule has 2 amide bonds. The third kappa shape index (κ3) is 5.52. The monoisotopic (exact) mass is 574 g/mol. The van der Waals surface area contributed by atoms with Crippen LogP contribution in [0.5, 0.6) is 11.6 Å². The summed E-state index contributed by atoms with van der Waals surface area (Å²) in [6, 6.07) is 5.74. The number of carbonyl (C=O) groups excluding carboxylic acids is 3. The molecule has 3 atom stereocenters. The van der Waals surface area contributed by atoms with E-state index in [0.29, 0.717) is 43.7 Å². The van der Waals surface area contributed by atoms with Crippen LogP contribution in [-0.2, 0) is 32.1 Å². The average Bonchev–Trinajstić information content (AvgIpc) is 3.73. The lowest BCUT2D eigenvalue weighted by Gasteiger charge is -2.20. The summed E-state index contributed by atoms with van der Waals surface area (Å²) in [6.07, 6.45) is 4.19. The van der Waals surface area contributed by atoms with Crippen molar-refractivity contribution < 1.29 is 33.3 Å². The van der Waals surface area contributed by atoms with Gasteiger partial charge >= 0.3 is 6.09 Å². The molecule has 0 spiro atoms. The normalized spacial score (nSPS) is 20.5. The van der Waals surface area contributed by atoms with Gasteiger partial charge < -0.3 is 34.6 Å². The van der Waals surface area contributed by atoms with Gasteiger partial charge in [-0.3, -0.25) is 14.5 Å². The highest BCUT2D eigenvalue weighted by Gasteiger charge is 2.37. The van der Waals surface area contributed by atoms with Gasteiger partial charge in [-0.15, -0.1) is 0 Å². The number of nitriles is 1. The minimum Gasteiger partial charge on any atom is -0.487 e. The molecule has 3 aromatic rings. The lowest BCUT2D eigenvalue weighted by atomic mass is 10.0. The summed E-state index contributed by atoms with van der Waals surface area (Å²) in [7, 11) is 0. The zero-order chi connectivity index (χ0) is 29.1. The van der Waals surface area contributed by atoms with Crippen LogP contribution in [0.3, 0.4) is 0 Å². The Kier molecular flexibility index (Phi) is 7.52. The Bertz CT molecular complexity index is 1540. The minimum absolute atomic E-state index is 0.106. The second kappa shape index (κ2) is 11.7. The van der Waals surface area contributed by atoms with E-state index in [4.69, 9.17) is 18.9 Å². The Morgan fingerprint density at radius 2 is 2.19 bits per heavy atom. The van der Waals surface area contributed by atoms with Crippen molar-refractivity contribution in [3.05, 3.63) is 53.2 Å². The van der Waals surface area contributed by atoms with Crippen molar-refractivity contribution in [2.75, 3.05) is 36.5 Å². The van der Waals surface area contributed by atoms with Gasteiger partial charge in [0.05, 0.1) is 42.6 Å². The molecule has 4 heterocycles. The van der Waals surface area contributed by atoms with Gasteiger partial charge in [-0.2, -0.15) is 5.26 Å². The maximum Gasteiger partial charge on any atom is 0.415 e. The number of hydrogen-bond donors (Lipinski definition) is 3. The highest BCUT2D eigenvalue weighted by molar-refractivity contribution is 5.94. The van der Waals surface area contributed by atoms with E-state index >= 15 is 0 Å². The van der Waals surface area contributed by atoms with Crippen LogP contribution in [0, 0.1) is 17.2 Å². The van der Waals surface area contributed by atoms with Crippen LogP contribution in [-0.4, -0.2) is 70.8 Å². The Balaban J connectivity index is 1.04. The number of aromatic amines is 1. The van der Waals surface area contributed by atoms with Gasteiger partial charge in [0, 0.05) is 18.0 Å². The number of H-pyrrole nitrogens is 1. The van der Waals surface area contributed by atoms with E-state index in [-0.39, 0.29) is 49.1 Å². The number of imidazole rings is 1. The van der Waals surface area contributed by atoms with Crippen LogP contribution in [0.4, 0.5) is 16.4 Å².